The van der Waals surface area contributed by atoms with E-state index in [0.29, 0.717) is 12.2 Å². The van der Waals surface area contributed by atoms with Crippen molar-refractivity contribution in [3.8, 4) is 0 Å². The first-order chi connectivity index (χ1) is 8.40. The molecule has 7 heteroatoms. The Morgan fingerprint density at radius 3 is 2.83 bits per heavy atom. The van der Waals surface area contributed by atoms with Crippen molar-refractivity contribution in [2.45, 2.75) is 20.3 Å². The van der Waals surface area contributed by atoms with E-state index in [9.17, 15) is 14.9 Å². The van der Waals surface area contributed by atoms with E-state index in [1.807, 2.05) is 0 Å². The Hall–Kier alpha value is -2.18. The maximum absolute atomic E-state index is 10.8. The second-order valence-corrected chi connectivity index (χ2v) is 4.16. The van der Waals surface area contributed by atoms with E-state index in [2.05, 4.69) is 10.3 Å². The van der Waals surface area contributed by atoms with Crippen LogP contribution in [0.2, 0.25) is 0 Å². The van der Waals surface area contributed by atoms with E-state index in [0.717, 1.165) is 0 Å². The molecule has 1 unspecified atom stereocenters. The standard InChI is InChI=1S/C11H15N3O4/c1-7(5-10(15)16)6-12-11-9(14(17)18)4-3-8(2)13-11/h3-4,7H,5-6H2,1-2H3,(H,12,13)(H,15,16). The number of aliphatic carboxylic acids is 1. The van der Waals surface area contributed by atoms with Crippen molar-refractivity contribution >= 4 is 17.5 Å². The molecule has 1 heterocycles. The van der Waals surface area contributed by atoms with Crippen LogP contribution in [0.4, 0.5) is 11.5 Å². The average molecular weight is 253 g/mol. The number of aryl methyl sites for hydroxylation is 1. The van der Waals surface area contributed by atoms with Gasteiger partial charge in [0.25, 0.3) is 0 Å². The van der Waals surface area contributed by atoms with E-state index in [1.54, 1.807) is 19.9 Å². The summed E-state index contributed by atoms with van der Waals surface area (Å²) in [7, 11) is 0. The van der Waals surface area contributed by atoms with Gasteiger partial charge >= 0.3 is 11.7 Å². The lowest BCUT2D eigenvalue weighted by molar-refractivity contribution is -0.384. The number of rotatable bonds is 6. The molecule has 2 N–H and O–H groups in total. The van der Waals surface area contributed by atoms with Gasteiger partial charge in [-0.15, -0.1) is 0 Å². The molecule has 0 aliphatic rings. The Balaban J connectivity index is 2.74. The lowest BCUT2D eigenvalue weighted by atomic mass is 10.1. The molecule has 18 heavy (non-hydrogen) atoms. The molecule has 0 saturated carbocycles. The molecular formula is C11H15N3O4. The van der Waals surface area contributed by atoms with Crippen molar-refractivity contribution in [3.63, 3.8) is 0 Å². The number of carbonyl (C=O) groups is 1. The van der Waals surface area contributed by atoms with Crippen LogP contribution in [0.3, 0.4) is 0 Å². The van der Waals surface area contributed by atoms with Gasteiger partial charge in [-0.25, -0.2) is 4.98 Å². The number of nitrogens with one attached hydrogen (secondary N) is 1. The summed E-state index contributed by atoms with van der Waals surface area (Å²) >= 11 is 0. The average Bonchev–Trinajstić information content (AvgIpc) is 2.25. The minimum Gasteiger partial charge on any atom is -0.481 e. The first kappa shape index (κ1) is 13.9. The van der Waals surface area contributed by atoms with Gasteiger partial charge in [-0.05, 0) is 18.9 Å². The maximum atomic E-state index is 10.8. The maximum Gasteiger partial charge on any atom is 0.311 e. The fourth-order valence-electron chi connectivity index (χ4n) is 1.47. The zero-order chi connectivity index (χ0) is 13.7. The van der Waals surface area contributed by atoms with E-state index in [-0.39, 0.29) is 23.8 Å². The monoisotopic (exact) mass is 253 g/mol. The van der Waals surface area contributed by atoms with Crippen LogP contribution in [-0.2, 0) is 4.79 Å². The van der Waals surface area contributed by atoms with Crippen LogP contribution in [-0.4, -0.2) is 27.5 Å². The van der Waals surface area contributed by atoms with Crippen LogP contribution in [0.15, 0.2) is 12.1 Å². The fourth-order valence-corrected chi connectivity index (χ4v) is 1.47. The molecule has 0 bridgehead atoms. The van der Waals surface area contributed by atoms with Gasteiger partial charge in [0.1, 0.15) is 0 Å². The molecule has 0 aliphatic heterocycles. The van der Waals surface area contributed by atoms with Crippen molar-refractivity contribution in [2.75, 3.05) is 11.9 Å². The highest BCUT2D eigenvalue weighted by atomic mass is 16.6. The highest BCUT2D eigenvalue weighted by Crippen LogP contribution is 2.22. The van der Waals surface area contributed by atoms with Crippen LogP contribution in [0.25, 0.3) is 0 Å². The van der Waals surface area contributed by atoms with E-state index in [1.165, 1.54) is 6.07 Å². The van der Waals surface area contributed by atoms with Gasteiger partial charge in [0.15, 0.2) is 0 Å². The van der Waals surface area contributed by atoms with Crippen LogP contribution in [0, 0.1) is 23.0 Å². The summed E-state index contributed by atoms with van der Waals surface area (Å²) in [6, 6.07) is 2.94. The summed E-state index contributed by atoms with van der Waals surface area (Å²) in [4.78, 5) is 24.8. The number of aromatic nitrogens is 1. The highest BCUT2D eigenvalue weighted by molar-refractivity contribution is 5.67. The first-order valence-electron chi connectivity index (χ1n) is 5.48. The molecule has 0 aliphatic carbocycles. The molecule has 0 spiro atoms. The summed E-state index contributed by atoms with van der Waals surface area (Å²) in [5.41, 5.74) is 0.553. The van der Waals surface area contributed by atoms with Crippen LogP contribution in [0.1, 0.15) is 19.0 Å². The number of hydrogen-bond donors (Lipinski definition) is 2. The lowest BCUT2D eigenvalue weighted by Gasteiger charge is -2.11. The second kappa shape index (κ2) is 5.95. The van der Waals surface area contributed by atoms with Gasteiger partial charge in [0.05, 0.1) is 4.92 Å². The third-order valence-corrected chi connectivity index (χ3v) is 2.35. The van der Waals surface area contributed by atoms with Gasteiger partial charge in [0.2, 0.25) is 5.82 Å². The van der Waals surface area contributed by atoms with Gasteiger partial charge < -0.3 is 10.4 Å². The summed E-state index contributed by atoms with van der Waals surface area (Å²) in [6.45, 7) is 3.81. The summed E-state index contributed by atoms with van der Waals surface area (Å²) in [5.74, 6) is -0.849. The fraction of sp³-hybridized carbons (Fsp3) is 0.455. The molecule has 0 radical (unpaired) electrons. The zero-order valence-electron chi connectivity index (χ0n) is 10.2. The van der Waals surface area contributed by atoms with Gasteiger partial charge in [-0.2, -0.15) is 0 Å². The van der Waals surface area contributed by atoms with Crippen molar-refractivity contribution in [2.24, 2.45) is 5.92 Å². The molecule has 1 rings (SSSR count). The number of hydrogen-bond acceptors (Lipinski definition) is 5. The highest BCUT2D eigenvalue weighted by Gasteiger charge is 2.16. The third-order valence-electron chi connectivity index (χ3n) is 2.35. The number of nitrogens with zero attached hydrogens (tertiary/aromatic N) is 2. The predicted octanol–water partition coefficient (Wildman–Crippen LogP) is 1.82. The molecule has 0 fully saturated rings. The number of carboxylic acids is 1. The molecule has 0 saturated heterocycles. The van der Waals surface area contributed by atoms with E-state index < -0.39 is 10.9 Å². The minimum atomic E-state index is -0.893. The normalized spacial score (nSPS) is 11.9. The first-order valence-corrected chi connectivity index (χ1v) is 5.48. The molecular weight excluding hydrogens is 238 g/mol. The van der Waals surface area contributed by atoms with Crippen molar-refractivity contribution in [3.05, 3.63) is 27.9 Å². The van der Waals surface area contributed by atoms with E-state index >= 15 is 0 Å². The van der Waals surface area contributed by atoms with Crippen molar-refractivity contribution < 1.29 is 14.8 Å². The summed E-state index contributed by atoms with van der Waals surface area (Å²) < 4.78 is 0. The second-order valence-electron chi connectivity index (χ2n) is 4.16. The topological polar surface area (TPSA) is 105 Å². The minimum absolute atomic E-state index is 0.00656. The number of pyridine rings is 1. The van der Waals surface area contributed by atoms with Gasteiger partial charge in [-0.1, -0.05) is 6.92 Å². The Morgan fingerprint density at radius 2 is 2.28 bits per heavy atom. The Labute approximate surface area is 104 Å². The molecule has 0 amide bonds. The lowest BCUT2D eigenvalue weighted by Crippen LogP contribution is -2.16. The Kier molecular flexibility index (Phi) is 4.59. The molecule has 1 aromatic heterocycles. The van der Waals surface area contributed by atoms with Crippen LogP contribution < -0.4 is 5.32 Å². The third kappa shape index (κ3) is 4.00. The van der Waals surface area contributed by atoms with Gasteiger partial charge in [-0.3, -0.25) is 14.9 Å². The molecule has 7 nitrogen and oxygen atoms in total. The SMILES string of the molecule is Cc1ccc([N+](=O)[O-])c(NCC(C)CC(=O)O)n1. The van der Waals surface area contributed by atoms with Crippen molar-refractivity contribution in [1.82, 2.24) is 4.98 Å². The smallest absolute Gasteiger partial charge is 0.311 e. The van der Waals surface area contributed by atoms with E-state index in [4.69, 9.17) is 5.11 Å². The molecule has 98 valence electrons. The van der Waals surface area contributed by atoms with Crippen LogP contribution >= 0.6 is 0 Å². The Morgan fingerprint density at radius 1 is 1.61 bits per heavy atom. The number of carboxylic acid groups (broad SMARTS) is 1. The number of anilines is 1. The Bertz CT molecular complexity index is 462. The zero-order valence-corrected chi connectivity index (χ0v) is 10.2. The molecule has 1 aromatic rings. The van der Waals surface area contributed by atoms with Crippen LogP contribution in [0.5, 0.6) is 0 Å². The largest absolute Gasteiger partial charge is 0.481 e. The van der Waals surface area contributed by atoms with Gasteiger partial charge in [0, 0.05) is 24.7 Å². The summed E-state index contributed by atoms with van der Waals surface area (Å²) in [6.07, 6.45) is 0.00656. The predicted molar refractivity (Wildman–Crippen MR) is 65.5 cm³/mol. The molecule has 1 atom stereocenters. The summed E-state index contributed by atoms with van der Waals surface area (Å²) in [5, 5.41) is 22.2. The van der Waals surface area contributed by atoms with Crippen molar-refractivity contribution in [1.29, 1.82) is 0 Å². The quantitative estimate of drug-likeness (QED) is 0.591. The molecule has 0 aromatic carbocycles. The number of nitro groups is 1.